The lowest BCUT2D eigenvalue weighted by Gasteiger charge is -2.14. The van der Waals surface area contributed by atoms with Crippen molar-refractivity contribution < 1.29 is 9.90 Å². The van der Waals surface area contributed by atoms with Gasteiger partial charge in [0.05, 0.1) is 29.9 Å². The Bertz CT molecular complexity index is 771. The van der Waals surface area contributed by atoms with Gasteiger partial charge in [-0.1, -0.05) is 0 Å². The fourth-order valence-electron chi connectivity index (χ4n) is 2.75. The summed E-state index contributed by atoms with van der Waals surface area (Å²) in [5.74, 6) is -0.120. The normalized spacial score (nSPS) is 21.3. The number of carbonyl (C=O) groups is 1. The second-order valence-corrected chi connectivity index (χ2v) is 5.61. The van der Waals surface area contributed by atoms with Gasteiger partial charge in [-0.25, -0.2) is 4.98 Å². The zero-order valence-electron chi connectivity index (χ0n) is 12.0. The third-order valence-electron chi connectivity index (χ3n) is 3.95. The molecule has 1 aromatic heterocycles. The van der Waals surface area contributed by atoms with Gasteiger partial charge in [-0.05, 0) is 31.2 Å². The highest BCUT2D eigenvalue weighted by Crippen LogP contribution is 2.12. The van der Waals surface area contributed by atoms with Crippen molar-refractivity contribution in [2.45, 2.75) is 31.5 Å². The van der Waals surface area contributed by atoms with Gasteiger partial charge in [-0.15, -0.1) is 0 Å². The summed E-state index contributed by atoms with van der Waals surface area (Å²) in [5.41, 5.74) is 6.43. The summed E-state index contributed by atoms with van der Waals surface area (Å²) < 4.78 is 1.28. The summed E-state index contributed by atoms with van der Waals surface area (Å²) >= 11 is 0. The SMILES string of the molecule is Nc1ccc2ncn(CC(=O)CC3NCCC3O)c(=O)c2c1. The molecule has 2 heterocycles. The summed E-state index contributed by atoms with van der Waals surface area (Å²) in [7, 11) is 0. The Labute approximate surface area is 126 Å². The van der Waals surface area contributed by atoms with Crippen LogP contribution in [0, 0.1) is 0 Å². The molecule has 0 saturated carbocycles. The maximum atomic E-state index is 12.4. The Morgan fingerprint density at radius 1 is 1.50 bits per heavy atom. The molecule has 3 rings (SSSR count). The number of nitrogens with one attached hydrogen (secondary N) is 1. The number of nitrogen functional groups attached to an aromatic ring is 1. The van der Waals surface area contributed by atoms with E-state index in [0.29, 0.717) is 29.6 Å². The number of carbonyl (C=O) groups excluding carboxylic acids is 1. The average Bonchev–Trinajstić information content (AvgIpc) is 2.88. The first-order valence-corrected chi connectivity index (χ1v) is 7.22. The first-order chi connectivity index (χ1) is 10.5. The molecular weight excluding hydrogens is 284 g/mol. The molecule has 0 amide bonds. The minimum absolute atomic E-state index is 0.0541. The minimum atomic E-state index is -0.504. The fraction of sp³-hybridized carbons (Fsp3) is 0.400. The van der Waals surface area contributed by atoms with E-state index in [4.69, 9.17) is 5.73 Å². The van der Waals surface area contributed by atoms with Crippen LogP contribution in [0.4, 0.5) is 5.69 Å². The van der Waals surface area contributed by atoms with Crippen LogP contribution in [0.25, 0.3) is 10.9 Å². The summed E-state index contributed by atoms with van der Waals surface area (Å²) in [6.45, 7) is 0.650. The fourth-order valence-corrected chi connectivity index (χ4v) is 2.75. The first-order valence-electron chi connectivity index (χ1n) is 7.22. The Morgan fingerprint density at radius 2 is 2.32 bits per heavy atom. The van der Waals surface area contributed by atoms with E-state index in [1.54, 1.807) is 18.2 Å². The van der Waals surface area contributed by atoms with Crippen LogP contribution in [0.2, 0.25) is 0 Å². The number of Topliss-reactive ketones (excluding diaryl/α,β-unsaturated/α-hetero) is 1. The molecule has 22 heavy (non-hydrogen) atoms. The molecule has 1 aliphatic rings. The van der Waals surface area contributed by atoms with Crippen LogP contribution in [-0.2, 0) is 11.3 Å². The molecule has 1 fully saturated rings. The molecule has 116 valence electrons. The van der Waals surface area contributed by atoms with Gasteiger partial charge in [0, 0.05) is 18.2 Å². The molecule has 7 nitrogen and oxygen atoms in total. The van der Waals surface area contributed by atoms with Crippen molar-refractivity contribution in [3.05, 3.63) is 34.9 Å². The summed E-state index contributed by atoms with van der Waals surface area (Å²) in [5, 5.41) is 13.2. The van der Waals surface area contributed by atoms with Crippen LogP contribution in [0.1, 0.15) is 12.8 Å². The molecule has 2 atom stereocenters. The molecule has 0 radical (unpaired) electrons. The maximum Gasteiger partial charge on any atom is 0.261 e. The predicted octanol–water partition coefficient (Wildman–Crippen LogP) is -0.339. The second kappa shape index (κ2) is 5.86. The van der Waals surface area contributed by atoms with Gasteiger partial charge >= 0.3 is 0 Å². The molecule has 7 heteroatoms. The number of fused-ring (bicyclic) bond motifs is 1. The number of hydrogen-bond donors (Lipinski definition) is 3. The van der Waals surface area contributed by atoms with Crippen LogP contribution in [0.15, 0.2) is 29.3 Å². The van der Waals surface area contributed by atoms with E-state index in [-0.39, 0.29) is 30.3 Å². The highest BCUT2D eigenvalue weighted by molar-refractivity contribution is 5.82. The molecule has 1 saturated heterocycles. The molecule has 4 N–H and O–H groups in total. The number of nitrogens with two attached hydrogens (primary N) is 1. The van der Waals surface area contributed by atoms with Crippen LogP contribution >= 0.6 is 0 Å². The number of hydrogen-bond acceptors (Lipinski definition) is 6. The van der Waals surface area contributed by atoms with Crippen molar-refractivity contribution in [1.82, 2.24) is 14.9 Å². The quantitative estimate of drug-likeness (QED) is 0.667. The highest BCUT2D eigenvalue weighted by Gasteiger charge is 2.26. The largest absolute Gasteiger partial charge is 0.399 e. The summed E-state index contributed by atoms with van der Waals surface area (Å²) in [6, 6.07) is 4.69. The number of ketones is 1. The Hall–Kier alpha value is -2.25. The number of benzene rings is 1. The third-order valence-corrected chi connectivity index (χ3v) is 3.95. The van der Waals surface area contributed by atoms with Crippen LogP contribution in [0.3, 0.4) is 0 Å². The van der Waals surface area contributed by atoms with Gasteiger partial charge < -0.3 is 16.2 Å². The van der Waals surface area contributed by atoms with Crippen LogP contribution in [0.5, 0.6) is 0 Å². The molecule has 1 aromatic carbocycles. The monoisotopic (exact) mass is 302 g/mol. The number of nitrogens with zero attached hydrogens (tertiary/aromatic N) is 2. The van der Waals surface area contributed by atoms with E-state index < -0.39 is 6.10 Å². The van der Waals surface area contributed by atoms with Crippen molar-refractivity contribution in [1.29, 1.82) is 0 Å². The van der Waals surface area contributed by atoms with Crippen molar-refractivity contribution in [3.8, 4) is 0 Å². The number of anilines is 1. The van der Waals surface area contributed by atoms with Crippen molar-refractivity contribution in [2.75, 3.05) is 12.3 Å². The van der Waals surface area contributed by atoms with Gasteiger partial charge in [0.15, 0.2) is 5.78 Å². The minimum Gasteiger partial charge on any atom is -0.399 e. The van der Waals surface area contributed by atoms with Crippen LogP contribution < -0.4 is 16.6 Å². The van der Waals surface area contributed by atoms with Gasteiger partial charge in [0.2, 0.25) is 0 Å². The van der Waals surface area contributed by atoms with E-state index in [0.717, 1.165) is 0 Å². The van der Waals surface area contributed by atoms with Crippen molar-refractivity contribution >= 4 is 22.4 Å². The zero-order valence-corrected chi connectivity index (χ0v) is 12.0. The molecular formula is C15H18N4O3. The van der Waals surface area contributed by atoms with Gasteiger partial charge in [0.25, 0.3) is 5.56 Å². The number of rotatable bonds is 4. The van der Waals surface area contributed by atoms with Crippen molar-refractivity contribution in [3.63, 3.8) is 0 Å². The second-order valence-electron chi connectivity index (χ2n) is 5.61. The zero-order chi connectivity index (χ0) is 15.7. The van der Waals surface area contributed by atoms with Gasteiger partial charge in [-0.3, -0.25) is 14.2 Å². The topological polar surface area (TPSA) is 110 Å². The maximum absolute atomic E-state index is 12.4. The Morgan fingerprint density at radius 3 is 3.05 bits per heavy atom. The first kappa shape index (κ1) is 14.7. The molecule has 0 spiro atoms. The molecule has 2 aromatic rings. The summed E-state index contributed by atoms with van der Waals surface area (Å²) in [4.78, 5) is 28.6. The predicted molar refractivity (Wildman–Crippen MR) is 82.5 cm³/mol. The lowest BCUT2D eigenvalue weighted by molar-refractivity contribution is -0.120. The number of aliphatic hydroxyl groups excluding tert-OH is 1. The van der Waals surface area contributed by atoms with E-state index in [2.05, 4.69) is 10.3 Å². The smallest absolute Gasteiger partial charge is 0.261 e. The van der Waals surface area contributed by atoms with E-state index in [1.807, 2.05) is 0 Å². The molecule has 2 unspecified atom stereocenters. The highest BCUT2D eigenvalue weighted by atomic mass is 16.3. The number of aromatic nitrogens is 2. The standard InChI is InChI=1S/C15H18N4O3/c16-9-1-2-12-11(5-9)15(22)19(8-18-12)7-10(20)6-13-14(21)3-4-17-13/h1-2,5,8,13-14,17,21H,3-4,6-7,16H2. The lowest BCUT2D eigenvalue weighted by Crippen LogP contribution is -2.34. The average molecular weight is 302 g/mol. The van der Waals surface area contributed by atoms with Crippen molar-refractivity contribution in [2.24, 2.45) is 0 Å². The van der Waals surface area contributed by atoms with E-state index in [9.17, 15) is 14.7 Å². The number of aliphatic hydroxyl groups is 1. The van der Waals surface area contributed by atoms with E-state index >= 15 is 0 Å². The van der Waals surface area contributed by atoms with Gasteiger partial charge in [-0.2, -0.15) is 0 Å². The molecule has 1 aliphatic heterocycles. The lowest BCUT2D eigenvalue weighted by atomic mass is 10.1. The molecule has 0 aliphatic carbocycles. The van der Waals surface area contributed by atoms with E-state index in [1.165, 1.54) is 10.9 Å². The van der Waals surface area contributed by atoms with Crippen LogP contribution in [-0.4, -0.2) is 39.1 Å². The Balaban J connectivity index is 1.80. The van der Waals surface area contributed by atoms with Gasteiger partial charge in [0.1, 0.15) is 0 Å². The summed E-state index contributed by atoms with van der Waals surface area (Å²) in [6.07, 6.45) is 1.71. The molecule has 0 bridgehead atoms. The third kappa shape index (κ3) is 2.86. The Kier molecular flexibility index (Phi) is 3.91.